The number of benzene rings is 2. The highest BCUT2D eigenvalue weighted by atomic mass is 16.8. The van der Waals surface area contributed by atoms with Crippen LogP contribution < -0.4 is 4.74 Å². The third kappa shape index (κ3) is 3.77. The number of aryl methyl sites for hydroxylation is 1. The fraction of sp³-hybridized carbons (Fsp3) is 0.273. The van der Waals surface area contributed by atoms with E-state index in [0.29, 0.717) is 11.6 Å². The second-order valence-electron chi connectivity index (χ2n) is 7.06. The number of esters is 1. The normalized spacial score (nSPS) is 18.1. The minimum Gasteiger partial charge on any atom is -0.487 e. The number of carbonyl (C=O) groups excluding carboxylic acids is 1. The van der Waals surface area contributed by atoms with Crippen LogP contribution in [0.5, 0.6) is 5.75 Å². The van der Waals surface area contributed by atoms with Crippen LogP contribution in [0, 0.1) is 6.92 Å². The second kappa shape index (κ2) is 7.13. The Labute approximate surface area is 163 Å². The Balaban J connectivity index is 1.42. The summed E-state index contributed by atoms with van der Waals surface area (Å²) < 4.78 is 22.4. The van der Waals surface area contributed by atoms with Gasteiger partial charge in [-0.15, -0.1) is 0 Å². The van der Waals surface area contributed by atoms with Crippen LogP contribution in [-0.2, 0) is 20.9 Å². The molecule has 3 aromatic rings. The highest BCUT2D eigenvalue weighted by molar-refractivity contribution is 5.78. The molecule has 1 saturated heterocycles. The number of hydrogen-bond acceptors (Lipinski definition) is 6. The number of cyclic esters (lactones) is 1. The third-order valence-electron chi connectivity index (χ3n) is 4.43. The predicted octanol–water partition coefficient (Wildman–Crippen LogP) is 4.58. The van der Waals surface area contributed by atoms with Gasteiger partial charge in [0.25, 0.3) is 0 Å². The molecule has 1 atom stereocenters. The van der Waals surface area contributed by atoms with Gasteiger partial charge < -0.3 is 18.6 Å². The van der Waals surface area contributed by atoms with Crippen LogP contribution >= 0.6 is 0 Å². The number of hydrogen-bond donors (Lipinski definition) is 0. The number of oxazole rings is 1. The molecular formula is C22H21NO5. The zero-order valence-electron chi connectivity index (χ0n) is 16.0. The van der Waals surface area contributed by atoms with Crippen molar-refractivity contribution in [2.24, 2.45) is 0 Å². The van der Waals surface area contributed by atoms with Crippen molar-refractivity contribution in [1.82, 2.24) is 4.98 Å². The van der Waals surface area contributed by atoms with Gasteiger partial charge in [-0.05, 0) is 36.8 Å². The summed E-state index contributed by atoms with van der Waals surface area (Å²) in [6.07, 6.45) is -0.713. The molecule has 0 bridgehead atoms. The van der Waals surface area contributed by atoms with Crippen LogP contribution in [0.25, 0.3) is 11.5 Å². The van der Waals surface area contributed by atoms with E-state index in [1.165, 1.54) is 0 Å². The molecule has 0 amide bonds. The lowest BCUT2D eigenvalue weighted by Crippen LogP contribution is -2.20. The van der Waals surface area contributed by atoms with Crippen LogP contribution in [0.15, 0.2) is 59.0 Å². The SMILES string of the molecule is Cc1oc(-c2ccccc2)nc1COc1ccc(C2OC(C)(C)OC2=O)cc1. The molecule has 1 aliphatic heterocycles. The topological polar surface area (TPSA) is 70.8 Å². The van der Waals surface area contributed by atoms with Gasteiger partial charge in [-0.1, -0.05) is 30.3 Å². The van der Waals surface area contributed by atoms with Gasteiger partial charge in [-0.25, -0.2) is 9.78 Å². The molecule has 0 radical (unpaired) electrons. The van der Waals surface area contributed by atoms with E-state index in [1.54, 1.807) is 38.1 Å². The molecule has 6 nitrogen and oxygen atoms in total. The van der Waals surface area contributed by atoms with E-state index < -0.39 is 11.9 Å². The lowest BCUT2D eigenvalue weighted by atomic mass is 10.1. The highest BCUT2D eigenvalue weighted by Crippen LogP contribution is 2.34. The molecule has 0 N–H and O–H groups in total. The van der Waals surface area contributed by atoms with Gasteiger partial charge in [0.1, 0.15) is 23.8 Å². The van der Waals surface area contributed by atoms with Gasteiger partial charge in [0.15, 0.2) is 6.10 Å². The Hall–Kier alpha value is -3.12. The van der Waals surface area contributed by atoms with E-state index >= 15 is 0 Å². The van der Waals surface area contributed by atoms with Crippen LogP contribution in [0.3, 0.4) is 0 Å². The van der Waals surface area contributed by atoms with Gasteiger partial charge in [0, 0.05) is 19.4 Å². The van der Waals surface area contributed by atoms with E-state index in [9.17, 15) is 4.79 Å². The maximum atomic E-state index is 11.9. The molecule has 0 saturated carbocycles. The Kier molecular flexibility index (Phi) is 4.65. The number of carbonyl (C=O) groups is 1. The average Bonchev–Trinajstić information content (AvgIpc) is 3.19. The molecule has 1 fully saturated rings. The number of rotatable bonds is 5. The number of aromatic nitrogens is 1. The smallest absolute Gasteiger partial charge is 0.342 e. The van der Waals surface area contributed by atoms with Crippen molar-refractivity contribution in [3.05, 3.63) is 71.6 Å². The summed E-state index contributed by atoms with van der Waals surface area (Å²) in [6, 6.07) is 16.9. The molecular weight excluding hydrogens is 358 g/mol. The zero-order chi connectivity index (χ0) is 19.7. The van der Waals surface area contributed by atoms with E-state index in [1.807, 2.05) is 37.3 Å². The molecule has 1 aromatic heterocycles. The van der Waals surface area contributed by atoms with Crippen molar-refractivity contribution in [3.63, 3.8) is 0 Å². The maximum Gasteiger partial charge on any atom is 0.342 e. The van der Waals surface area contributed by atoms with Crippen molar-refractivity contribution < 1.29 is 23.4 Å². The molecule has 4 rings (SSSR count). The summed E-state index contributed by atoms with van der Waals surface area (Å²) >= 11 is 0. The third-order valence-corrected chi connectivity index (χ3v) is 4.43. The van der Waals surface area contributed by atoms with E-state index in [-0.39, 0.29) is 12.6 Å². The van der Waals surface area contributed by atoms with Crippen molar-refractivity contribution in [1.29, 1.82) is 0 Å². The molecule has 6 heteroatoms. The zero-order valence-corrected chi connectivity index (χ0v) is 16.0. The maximum absolute atomic E-state index is 11.9. The van der Waals surface area contributed by atoms with Gasteiger partial charge in [-0.3, -0.25) is 0 Å². The van der Waals surface area contributed by atoms with Crippen molar-refractivity contribution in [2.45, 2.75) is 39.3 Å². The molecule has 1 aliphatic rings. The largest absolute Gasteiger partial charge is 0.487 e. The first kappa shape index (κ1) is 18.3. The second-order valence-corrected chi connectivity index (χ2v) is 7.06. The summed E-state index contributed by atoms with van der Waals surface area (Å²) in [5.74, 6) is 0.674. The monoisotopic (exact) mass is 379 g/mol. The van der Waals surface area contributed by atoms with Crippen LogP contribution in [0.1, 0.15) is 37.0 Å². The number of ether oxygens (including phenoxy) is 3. The first-order valence-electron chi connectivity index (χ1n) is 9.06. The fourth-order valence-electron chi connectivity index (χ4n) is 3.01. The standard InChI is InChI=1S/C22H21NO5/c1-14-18(23-20(26-14)16-7-5-4-6-8-16)13-25-17-11-9-15(10-12-17)19-21(24)28-22(2,3)27-19/h4-12,19H,13H2,1-3H3. The molecule has 0 aliphatic carbocycles. The van der Waals surface area contributed by atoms with E-state index in [4.69, 9.17) is 18.6 Å². The molecule has 2 heterocycles. The van der Waals surface area contributed by atoms with Gasteiger partial charge >= 0.3 is 5.97 Å². The van der Waals surface area contributed by atoms with E-state index in [2.05, 4.69) is 4.98 Å². The average molecular weight is 379 g/mol. The minimum atomic E-state index is -0.905. The Morgan fingerprint density at radius 1 is 1.07 bits per heavy atom. The van der Waals surface area contributed by atoms with Crippen LogP contribution in [0.2, 0.25) is 0 Å². The van der Waals surface area contributed by atoms with Crippen molar-refractivity contribution in [2.75, 3.05) is 0 Å². The molecule has 28 heavy (non-hydrogen) atoms. The number of nitrogens with zero attached hydrogens (tertiary/aromatic N) is 1. The summed E-state index contributed by atoms with van der Waals surface area (Å²) in [5.41, 5.74) is 2.40. The van der Waals surface area contributed by atoms with Crippen molar-refractivity contribution >= 4 is 5.97 Å². The fourth-order valence-corrected chi connectivity index (χ4v) is 3.01. The van der Waals surface area contributed by atoms with E-state index in [0.717, 1.165) is 22.6 Å². The molecule has 2 aromatic carbocycles. The Morgan fingerprint density at radius 3 is 2.43 bits per heavy atom. The van der Waals surface area contributed by atoms with Crippen molar-refractivity contribution in [3.8, 4) is 17.2 Å². The van der Waals surface area contributed by atoms with Gasteiger partial charge in [-0.2, -0.15) is 0 Å². The summed E-state index contributed by atoms with van der Waals surface area (Å²) in [6.45, 7) is 5.58. The molecule has 144 valence electrons. The van der Waals surface area contributed by atoms with Crippen LogP contribution in [-0.4, -0.2) is 16.7 Å². The van der Waals surface area contributed by atoms with Gasteiger partial charge in [0.2, 0.25) is 11.7 Å². The predicted molar refractivity (Wildman–Crippen MR) is 101 cm³/mol. The molecule has 1 unspecified atom stereocenters. The Morgan fingerprint density at radius 2 is 1.79 bits per heavy atom. The summed E-state index contributed by atoms with van der Waals surface area (Å²) in [4.78, 5) is 16.5. The summed E-state index contributed by atoms with van der Waals surface area (Å²) in [7, 11) is 0. The lowest BCUT2D eigenvalue weighted by Gasteiger charge is -2.15. The summed E-state index contributed by atoms with van der Waals surface area (Å²) in [5, 5.41) is 0. The van der Waals surface area contributed by atoms with Gasteiger partial charge in [0.05, 0.1) is 0 Å². The first-order valence-corrected chi connectivity index (χ1v) is 9.06. The minimum absolute atomic E-state index is 0.288. The van der Waals surface area contributed by atoms with Crippen LogP contribution in [0.4, 0.5) is 0 Å². The quantitative estimate of drug-likeness (QED) is 0.604. The lowest BCUT2D eigenvalue weighted by molar-refractivity contribution is -0.160. The Bertz CT molecular complexity index is 976. The molecule has 0 spiro atoms. The first-order chi connectivity index (χ1) is 13.4. The highest BCUT2D eigenvalue weighted by Gasteiger charge is 2.41.